The van der Waals surface area contributed by atoms with Crippen molar-refractivity contribution in [3.05, 3.63) is 65.4 Å². The topological polar surface area (TPSA) is 71.5 Å². The molecule has 1 fully saturated rings. The third-order valence-electron chi connectivity index (χ3n) is 5.70. The summed E-state index contributed by atoms with van der Waals surface area (Å²) in [6.07, 6.45) is 2.62. The molecule has 1 aliphatic rings. The molecule has 2 heterocycles. The average molecular weight is 377 g/mol. The number of ketones is 1. The predicted octanol–water partition coefficient (Wildman–Crippen LogP) is 3.56. The number of fused-ring (bicyclic) bond motifs is 1. The summed E-state index contributed by atoms with van der Waals surface area (Å²) in [6, 6.07) is 15.6. The number of aliphatic hydroxyl groups excluding tert-OH is 1. The van der Waals surface area contributed by atoms with E-state index in [2.05, 4.69) is 9.47 Å². The minimum absolute atomic E-state index is 0.184. The molecular formula is C23H27N3O2. The molecule has 1 saturated heterocycles. The van der Waals surface area contributed by atoms with Gasteiger partial charge < -0.3 is 15.4 Å². The number of nitrogens with zero attached hydrogens (tertiary/aromatic N) is 2. The van der Waals surface area contributed by atoms with Crippen LogP contribution in [0.15, 0.2) is 48.5 Å². The molecule has 28 heavy (non-hydrogen) atoms. The molecular weight excluding hydrogens is 350 g/mol. The molecule has 146 valence electrons. The molecule has 0 amide bonds. The molecule has 3 N–H and O–H groups in total. The zero-order valence-corrected chi connectivity index (χ0v) is 16.3. The van der Waals surface area contributed by atoms with Crippen LogP contribution in [0.25, 0.3) is 16.6 Å². The molecule has 0 spiro atoms. The Morgan fingerprint density at radius 3 is 2.43 bits per heavy atom. The summed E-state index contributed by atoms with van der Waals surface area (Å²) >= 11 is 0. The first kappa shape index (κ1) is 18.9. The van der Waals surface area contributed by atoms with Crippen molar-refractivity contribution in [3.63, 3.8) is 0 Å². The number of benzene rings is 2. The van der Waals surface area contributed by atoms with Crippen LogP contribution in [-0.4, -0.2) is 40.0 Å². The van der Waals surface area contributed by atoms with Gasteiger partial charge in [0.15, 0.2) is 5.78 Å². The molecule has 5 nitrogen and oxygen atoms in total. The number of nitrogens with two attached hydrogens (primary N) is 1. The second-order valence-electron chi connectivity index (χ2n) is 7.61. The van der Waals surface area contributed by atoms with Gasteiger partial charge in [-0.1, -0.05) is 36.8 Å². The molecule has 4 rings (SSSR count). The largest absolute Gasteiger partial charge is 0.375 e. The number of carbonyl (C=O) groups excluding carboxylic acids is 1. The van der Waals surface area contributed by atoms with Crippen LogP contribution in [0.5, 0.6) is 0 Å². The number of hydrogen-bond donors (Lipinski definition) is 2. The standard InChI is InChI=1S/C23H27N3O2/c1-16-22(21(27)15-25-13-5-2-6-14-25)19-7-3-4-8-20(19)26(16)18-11-9-17(10-12-18)23(24)28/h3-4,7-12,23,28H,2,5-6,13-15,24H2,1H3. The second kappa shape index (κ2) is 7.87. The van der Waals surface area contributed by atoms with Crippen molar-refractivity contribution in [2.45, 2.75) is 32.4 Å². The molecule has 0 radical (unpaired) electrons. The van der Waals surface area contributed by atoms with E-state index in [1.807, 2.05) is 55.5 Å². The zero-order valence-electron chi connectivity index (χ0n) is 16.3. The number of para-hydroxylation sites is 1. The predicted molar refractivity (Wildman–Crippen MR) is 112 cm³/mol. The van der Waals surface area contributed by atoms with Crippen molar-refractivity contribution in [2.24, 2.45) is 5.73 Å². The molecule has 1 unspecified atom stereocenters. The molecule has 1 atom stereocenters. The number of Topliss-reactive ketones (excluding diaryl/α,β-unsaturated/α-hetero) is 1. The fourth-order valence-corrected chi connectivity index (χ4v) is 4.27. The molecule has 1 aliphatic heterocycles. The van der Waals surface area contributed by atoms with Crippen LogP contribution in [0.1, 0.15) is 47.1 Å². The minimum Gasteiger partial charge on any atom is -0.375 e. The number of aliphatic hydroxyl groups is 1. The van der Waals surface area contributed by atoms with Crippen molar-refractivity contribution in [1.82, 2.24) is 9.47 Å². The van der Waals surface area contributed by atoms with E-state index >= 15 is 0 Å². The van der Waals surface area contributed by atoms with Gasteiger partial charge in [-0.05, 0) is 56.6 Å². The molecule has 0 bridgehead atoms. The van der Waals surface area contributed by atoms with Crippen LogP contribution in [0, 0.1) is 6.92 Å². The average Bonchev–Trinajstić information content (AvgIpc) is 3.00. The highest BCUT2D eigenvalue weighted by atomic mass is 16.3. The van der Waals surface area contributed by atoms with Crippen LogP contribution in [0.3, 0.4) is 0 Å². The quantitative estimate of drug-likeness (QED) is 0.527. The summed E-state index contributed by atoms with van der Waals surface area (Å²) in [5, 5.41) is 10.6. The lowest BCUT2D eigenvalue weighted by Gasteiger charge is -2.25. The molecule has 2 aromatic carbocycles. The number of rotatable bonds is 5. The fraction of sp³-hybridized carbons (Fsp3) is 0.348. The van der Waals surface area contributed by atoms with Crippen molar-refractivity contribution < 1.29 is 9.90 Å². The number of aromatic nitrogens is 1. The maximum atomic E-state index is 13.2. The Morgan fingerprint density at radius 2 is 1.75 bits per heavy atom. The first-order valence-electron chi connectivity index (χ1n) is 9.96. The number of likely N-dealkylation sites (tertiary alicyclic amines) is 1. The van der Waals surface area contributed by atoms with Crippen molar-refractivity contribution >= 4 is 16.7 Å². The molecule has 0 aliphatic carbocycles. The van der Waals surface area contributed by atoms with Gasteiger partial charge >= 0.3 is 0 Å². The summed E-state index contributed by atoms with van der Waals surface area (Å²) in [7, 11) is 0. The van der Waals surface area contributed by atoms with E-state index in [1.54, 1.807) is 0 Å². The summed E-state index contributed by atoms with van der Waals surface area (Å²) in [5.41, 5.74) is 9.95. The lowest BCUT2D eigenvalue weighted by Crippen LogP contribution is -2.34. The lowest BCUT2D eigenvalue weighted by molar-refractivity contribution is 0.0916. The highest BCUT2D eigenvalue weighted by Gasteiger charge is 2.23. The van der Waals surface area contributed by atoms with E-state index in [9.17, 15) is 9.90 Å². The van der Waals surface area contributed by atoms with Gasteiger partial charge in [0.25, 0.3) is 0 Å². The summed E-state index contributed by atoms with van der Waals surface area (Å²) in [4.78, 5) is 15.5. The monoisotopic (exact) mass is 377 g/mol. The zero-order chi connectivity index (χ0) is 19.7. The Balaban J connectivity index is 1.76. The molecule has 3 aromatic rings. The van der Waals surface area contributed by atoms with E-state index < -0.39 is 6.23 Å². The van der Waals surface area contributed by atoms with Gasteiger partial charge in [-0.3, -0.25) is 9.69 Å². The van der Waals surface area contributed by atoms with Gasteiger partial charge in [-0.2, -0.15) is 0 Å². The molecule has 0 saturated carbocycles. The van der Waals surface area contributed by atoms with Gasteiger partial charge in [0.05, 0.1) is 12.1 Å². The fourth-order valence-electron chi connectivity index (χ4n) is 4.27. The van der Waals surface area contributed by atoms with E-state index in [0.717, 1.165) is 40.9 Å². The molecule has 5 heteroatoms. The van der Waals surface area contributed by atoms with E-state index in [1.165, 1.54) is 19.3 Å². The Labute approximate surface area is 165 Å². The number of carbonyl (C=O) groups is 1. The third-order valence-corrected chi connectivity index (χ3v) is 5.70. The van der Waals surface area contributed by atoms with Crippen molar-refractivity contribution in [3.8, 4) is 5.69 Å². The van der Waals surface area contributed by atoms with Crippen LogP contribution in [0.4, 0.5) is 0 Å². The second-order valence-corrected chi connectivity index (χ2v) is 7.61. The Morgan fingerprint density at radius 1 is 1.07 bits per heavy atom. The SMILES string of the molecule is Cc1c(C(=O)CN2CCCCC2)c2ccccc2n1-c1ccc(C(N)O)cc1. The van der Waals surface area contributed by atoms with Crippen LogP contribution < -0.4 is 5.73 Å². The normalized spacial score (nSPS) is 16.4. The Kier molecular flexibility index (Phi) is 5.31. The van der Waals surface area contributed by atoms with Gasteiger partial charge in [0, 0.05) is 22.3 Å². The number of piperidine rings is 1. The smallest absolute Gasteiger partial charge is 0.179 e. The summed E-state index contributed by atoms with van der Waals surface area (Å²) < 4.78 is 2.12. The maximum absolute atomic E-state index is 13.2. The Hall–Kier alpha value is -2.47. The van der Waals surface area contributed by atoms with Gasteiger partial charge in [0.2, 0.25) is 0 Å². The summed E-state index contributed by atoms with van der Waals surface area (Å²) in [6.45, 7) is 4.50. The molecule has 1 aromatic heterocycles. The maximum Gasteiger partial charge on any atom is 0.179 e. The highest BCUT2D eigenvalue weighted by Crippen LogP contribution is 2.30. The highest BCUT2D eigenvalue weighted by molar-refractivity contribution is 6.10. The third kappa shape index (κ3) is 3.49. The first-order chi connectivity index (χ1) is 13.6. The van der Waals surface area contributed by atoms with E-state index in [-0.39, 0.29) is 5.78 Å². The van der Waals surface area contributed by atoms with Crippen LogP contribution >= 0.6 is 0 Å². The summed E-state index contributed by atoms with van der Waals surface area (Å²) in [5.74, 6) is 0.184. The number of hydrogen-bond acceptors (Lipinski definition) is 4. The minimum atomic E-state index is -0.988. The first-order valence-corrected chi connectivity index (χ1v) is 9.96. The van der Waals surface area contributed by atoms with Gasteiger partial charge in [0.1, 0.15) is 6.23 Å². The van der Waals surface area contributed by atoms with Crippen LogP contribution in [-0.2, 0) is 0 Å². The van der Waals surface area contributed by atoms with Crippen LogP contribution in [0.2, 0.25) is 0 Å². The lowest BCUT2D eigenvalue weighted by atomic mass is 10.0. The van der Waals surface area contributed by atoms with Crippen molar-refractivity contribution in [1.29, 1.82) is 0 Å². The van der Waals surface area contributed by atoms with E-state index in [4.69, 9.17) is 5.73 Å². The van der Waals surface area contributed by atoms with Gasteiger partial charge in [-0.15, -0.1) is 0 Å². The van der Waals surface area contributed by atoms with Crippen molar-refractivity contribution in [2.75, 3.05) is 19.6 Å². The van der Waals surface area contributed by atoms with Gasteiger partial charge in [-0.25, -0.2) is 0 Å². The van der Waals surface area contributed by atoms with E-state index in [0.29, 0.717) is 12.1 Å². The Bertz CT molecular complexity index is 983.